The zero-order valence-electron chi connectivity index (χ0n) is 11.9. The first kappa shape index (κ1) is 14.9. The summed E-state index contributed by atoms with van der Waals surface area (Å²) in [5.41, 5.74) is 2.39. The van der Waals surface area contributed by atoms with Crippen LogP contribution in [-0.2, 0) is 11.2 Å². The standard InChI is InChI=1S/C17H14INO3/c1-21-14-5-6-16-15(9-14)11(10-22-16)7-17(20)19-13-4-2-3-12(18)8-13/h2-6,8-10H,7H2,1H3,(H,19,20). The van der Waals surface area contributed by atoms with Crippen LogP contribution in [0, 0.1) is 3.57 Å². The Kier molecular flexibility index (Phi) is 4.33. The Balaban J connectivity index is 1.79. The van der Waals surface area contributed by atoms with Crippen LogP contribution in [0.4, 0.5) is 5.69 Å². The number of rotatable bonds is 4. The molecule has 1 N–H and O–H groups in total. The van der Waals surface area contributed by atoms with E-state index < -0.39 is 0 Å². The highest BCUT2D eigenvalue weighted by atomic mass is 127. The molecule has 4 nitrogen and oxygen atoms in total. The van der Waals surface area contributed by atoms with E-state index in [0.717, 1.165) is 31.5 Å². The summed E-state index contributed by atoms with van der Waals surface area (Å²) in [5, 5.41) is 3.80. The average molecular weight is 407 g/mol. The van der Waals surface area contributed by atoms with Gasteiger partial charge in [0.25, 0.3) is 0 Å². The fourth-order valence-corrected chi connectivity index (χ4v) is 2.81. The van der Waals surface area contributed by atoms with E-state index in [1.54, 1.807) is 13.4 Å². The Hall–Kier alpha value is -2.02. The molecule has 5 heteroatoms. The lowest BCUT2D eigenvalue weighted by molar-refractivity contribution is -0.115. The second-order valence-electron chi connectivity index (χ2n) is 4.86. The SMILES string of the molecule is COc1ccc2occ(CC(=O)Nc3cccc(I)c3)c2c1. The minimum atomic E-state index is -0.0764. The van der Waals surface area contributed by atoms with Crippen molar-refractivity contribution in [2.75, 3.05) is 12.4 Å². The molecule has 3 rings (SSSR count). The Bertz CT molecular complexity index is 826. The number of hydrogen-bond donors (Lipinski definition) is 1. The van der Waals surface area contributed by atoms with Crippen molar-refractivity contribution in [3.05, 3.63) is 57.9 Å². The van der Waals surface area contributed by atoms with Gasteiger partial charge in [-0.3, -0.25) is 4.79 Å². The van der Waals surface area contributed by atoms with Gasteiger partial charge < -0.3 is 14.5 Å². The summed E-state index contributed by atoms with van der Waals surface area (Å²) in [4.78, 5) is 12.2. The van der Waals surface area contributed by atoms with Gasteiger partial charge in [-0.1, -0.05) is 6.07 Å². The minimum Gasteiger partial charge on any atom is -0.497 e. The van der Waals surface area contributed by atoms with E-state index in [1.165, 1.54) is 0 Å². The maximum Gasteiger partial charge on any atom is 0.228 e. The van der Waals surface area contributed by atoms with Crippen LogP contribution < -0.4 is 10.1 Å². The monoisotopic (exact) mass is 407 g/mol. The van der Waals surface area contributed by atoms with Crippen LogP contribution in [-0.4, -0.2) is 13.0 Å². The molecule has 0 aliphatic heterocycles. The van der Waals surface area contributed by atoms with Crippen molar-refractivity contribution in [3.63, 3.8) is 0 Å². The van der Waals surface area contributed by atoms with Gasteiger partial charge >= 0.3 is 0 Å². The number of fused-ring (bicyclic) bond motifs is 1. The first-order valence-electron chi connectivity index (χ1n) is 6.75. The summed E-state index contributed by atoms with van der Waals surface area (Å²) in [6, 6.07) is 13.2. The second-order valence-corrected chi connectivity index (χ2v) is 6.10. The predicted octanol–water partition coefficient (Wildman–Crippen LogP) is 4.23. The van der Waals surface area contributed by atoms with Crippen LogP contribution in [0.2, 0.25) is 0 Å². The Morgan fingerprint density at radius 3 is 2.91 bits per heavy atom. The van der Waals surface area contributed by atoms with Gasteiger partial charge in [0.05, 0.1) is 19.8 Å². The third-order valence-corrected chi connectivity index (χ3v) is 3.99. The molecule has 0 fully saturated rings. The maximum absolute atomic E-state index is 12.2. The summed E-state index contributed by atoms with van der Waals surface area (Å²) in [5.74, 6) is 0.667. The van der Waals surface area contributed by atoms with Crippen LogP contribution >= 0.6 is 22.6 Å². The van der Waals surface area contributed by atoms with Crippen LogP contribution in [0.15, 0.2) is 53.1 Å². The number of hydrogen-bond acceptors (Lipinski definition) is 3. The second kappa shape index (κ2) is 6.39. The molecule has 0 aliphatic carbocycles. The Morgan fingerprint density at radius 2 is 2.14 bits per heavy atom. The van der Waals surface area contributed by atoms with Crippen molar-refractivity contribution in [1.29, 1.82) is 0 Å². The number of nitrogens with one attached hydrogen (secondary N) is 1. The lowest BCUT2D eigenvalue weighted by atomic mass is 10.1. The number of methoxy groups -OCH3 is 1. The number of benzene rings is 2. The molecule has 1 heterocycles. The van der Waals surface area contributed by atoms with Crippen LogP contribution in [0.1, 0.15) is 5.56 Å². The fraction of sp³-hybridized carbons (Fsp3) is 0.118. The molecule has 0 radical (unpaired) electrons. The highest BCUT2D eigenvalue weighted by Crippen LogP contribution is 2.26. The van der Waals surface area contributed by atoms with E-state index in [2.05, 4.69) is 27.9 Å². The van der Waals surface area contributed by atoms with Gasteiger partial charge in [0.2, 0.25) is 5.91 Å². The summed E-state index contributed by atoms with van der Waals surface area (Å²) in [6.45, 7) is 0. The maximum atomic E-state index is 12.2. The molecule has 1 amide bonds. The van der Waals surface area contributed by atoms with E-state index in [4.69, 9.17) is 9.15 Å². The van der Waals surface area contributed by atoms with E-state index >= 15 is 0 Å². The third kappa shape index (κ3) is 3.24. The molecule has 0 atom stereocenters. The molecule has 0 saturated heterocycles. The molecule has 22 heavy (non-hydrogen) atoms. The van der Waals surface area contributed by atoms with Crippen molar-refractivity contribution in [2.45, 2.75) is 6.42 Å². The Morgan fingerprint density at radius 1 is 1.27 bits per heavy atom. The van der Waals surface area contributed by atoms with E-state index in [0.29, 0.717) is 0 Å². The minimum absolute atomic E-state index is 0.0764. The molecule has 112 valence electrons. The molecule has 1 aromatic heterocycles. The quantitative estimate of drug-likeness (QED) is 0.659. The van der Waals surface area contributed by atoms with Gasteiger partial charge in [-0.2, -0.15) is 0 Å². The molecule has 0 unspecified atom stereocenters. The molecule has 0 saturated carbocycles. The molecule has 0 aliphatic rings. The lowest BCUT2D eigenvalue weighted by Crippen LogP contribution is -2.14. The number of ether oxygens (including phenoxy) is 1. The molecule has 0 spiro atoms. The normalized spacial score (nSPS) is 10.6. The first-order valence-corrected chi connectivity index (χ1v) is 7.83. The number of amides is 1. The molecular formula is C17H14INO3. The molecule has 3 aromatic rings. The van der Waals surface area contributed by atoms with E-state index in [1.807, 2.05) is 42.5 Å². The van der Waals surface area contributed by atoms with Gasteiger partial charge in [-0.25, -0.2) is 0 Å². The average Bonchev–Trinajstić information content (AvgIpc) is 2.89. The number of carbonyl (C=O) groups excluding carboxylic acids is 1. The third-order valence-electron chi connectivity index (χ3n) is 3.32. The van der Waals surface area contributed by atoms with Crippen LogP contribution in [0.3, 0.4) is 0 Å². The Labute approximate surface area is 141 Å². The van der Waals surface area contributed by atoms with Gasteiger partial charge in [0.1, 0.15) is 11.3 Å². The molecule has 2 aromatic carbocycles. The topological polar surface area (TPSA) is 51.5 Å². The number of carbonyl (C=O) groups is 1. The van der Waals surface area contributed by atoms with Crippen LogP contribution in [0.25, 0.3) is 11.0 Å². The van der Waals surface area contributed by atoms with Crippen LogP contribution in [0.5, 0.6) is 5.75 Å². The van der Waals surface area contributed by atoms with E-state index in [-0.39, 0.29) is 12.3 Å². The van der Waals surface area contributed by atoms with Crippen molar-refractivity contribution in [1.82, 2.24) is 0 Å². The summed E-state index contributed by atoms with van der Waals surface area (Å²) >= 11 is 2.21. The van der Waals surface area contributed by atoms with Crippen molar-refractivity contribution in [3.8, 4) is 5.75 Å². The largest absolute Gasteiger partial charge is 0.497 e. The first-order chi connectivity index (χ1) is 10.7. The summed E-state index contributed by atoms with van der Waals surface area (Å²) < 4.78 is 11.8. The smallest absolute Gasteiger partial charge is 0.228 e. The highest BCUT2D eigenvalue weighted by molar-refractivity contribution is 14.1. The zero-order valence-corrected chi connectivity index (χ0v) is 14.1. The lowest BCUT2D eigenvalue weighted by Gasteiger charge is -2.05. The highest BCUT2D eigenvalue weighted by Gasteiger charge is 2.11. The van der Waals surface area contributed by atoms with E-state index in [9.17, 15) is 4.79 Å². The zero-order chi connectivity index (χ0) is 15.5. The summed E-state index contributed by atoms with van der Waals surface area (Å²) in [7, 11) is 1.62. The van der Waals surface area contributed by atoms with Gasteiger partial charge in [-0.05, 0) is 59.0 Å². The van der Waals surface area contributed by atoms with Crippen molar-refractivity contribution >= 4 is 45.2 Å². The van der Waals surface area contributed by atoms with Crippen molar-refractivity contribution < 1.29 is 13.9 Å². The van der Waals surface area contributed by atoms with Gasteiger partial charge in [0, 0.05) is 20.2 Å². The molecular weight excluding hydrogens is 393 g/mol. The molecule has 0 bridgehead atoms. The number of anilines is 1. The predicted molar refractivity (Wildman–Crippen MR) is 94.3 cm³/mol. The number of halogens is 1. The summed E-state index contributed by atoms with van der Waals surface area (Å²) in [6.07, 6.45) is 1.88. The van der Waals surface area contributed by atoms with Gasteiger partial charge in [-0.15, -0.1) is 0 Å². The fourth-order valence-electron chi connectivity index (χ4n) is 2.27. The van der Waals surface area contributed by atoms with Crippen molar-refractivity contribution in [2.24, 2.45) is 0 Å². The number of furan rings is 1. The van der Waals surface area contributed by atoms with Gasteiger partial charge in [0.15, 0.2) is 0 Å².